The summed E-state index contributed by atoms with van der Waals surface area (Å²) in [5, 5.41) is 3.24. The lowest BCUT2D eigenvalue weighted by molar-refractivity contribution is 0.461. The van der Waals surface area contributed by atoms with E-state index in [4.69, 9.17) is 0 Å². The molecule has 0 saturated heterocycles. The first-order chi connectivity index (χ1) is 7.95. The summed E-state index contributed by atoms with van der Waals surface area (Å²) in [6.45, 7) is 8.44. The van der Waals surface area contributed by atoms with Gasteiger partial charge in [0.2, 0.25) is 0 Å². The number of hydrogen-bond acceptors (Lipinski definition) is 2. The van der Waals surface area contributed by atoms with Crippen LogP contribution in [-0.4, -0.2) is 23.1 Å². The Labute approximate surface area is 107 Å². The molecule has 0 radical (unpaired) electrons. The highest BCUT2D eigenvalue weighted by Gasteiger charge is 2.15. The summed E-state index contributed by atoms with van der Waals surface area (Å²) in [7, 11) is 1.02. The third kappa shape index (κ3) is 3.93. The lowest BCUT2D eigenvalue weighted by Gasteiger charge is -2.19. The molecule has 0 amide bonds. The average molecular weight is 253 g/mol. The first kappa shape index (κ1) is 14.4. The van der Waals surface area contributed by atoms with Gasteiger partial charge in [0, 0.05) is 16.7 Å². The van der Waals surface area contributed by atoms with Crippen LogP contribution in [0, 0.1) is 19.8 Å². The highest BCUT2D eigenvalue weighted by atomic mass is 32.2. The third-order valence-electron chi connectivity index (χ3n) is 3.25. The number of aryl methyl sites for hydroxylation is 2. The van der Waals surface area contributed by atoms with E-state index in [1.165, 1.54) is 11.1 Å². The van der Waals surface area contributed by atoms with Crippen LogP contribution in [0.25, 0.3) is 0 Å². The Morgan fingerprint density at radius 3 is 2.35 bits per heavy atom. The van der Waals surface area contributed by atoms with Crippen molar-refractivity contribution in [3.63, 3.8) is 0 Å². The van der Waals surface area contributed by atoms with E-state index in [1.807, 2.05) is 25.2 Å². The van der Waals surface area contributed by atoms with E-state index >= 15 is 0 Å². The molecule has 0 aromatic heterocycles. The Morgan fingerprint density at radius 2 is 1.88 bits per heavy atom. The van der Waals surface area contributed by atoms with Crippen molar-refractivity contribution in [2.24, 2.45) is 5.92 Å². The molecule has 1 rings (SSSR count). The van der Waals surface area contributed by atoms with Gasteiger partial charge < -0.3 is 5.32 Å². The minimum Gasteiger partial charge on any atom is -0.316 e. The van der Waals surface area contributed by atoms with Crippen LogP contribution in [0.5, 0.6) is 0 Å². The minimum atomic E-state index is -0.915. The van der Waals surface area contributed by atoms with Gasteiger partial charge in [0.15, 0.2) is 0 Å². The normalized spacial score (nSPS) is 14.9. The van der Waals surface area contributed by atoms with Gasteiger partial charge in [-0.05, 0) is 50.1 Å². The van der Waals surface area contributed by atoms with E-state index in [-0.39, 0.29) is 0 Å². The molecule has 2 nitrogen and oxygen atoms in total. The fourth-order valence-electron chi connectivity index (χ4n) is 1.72. The summed E-state index contributed by atoms with van der Waals surface area (Å²) in [6, 6.07) is 6.37. The van der Waals surface area contributed by atoms with E-state index in [0.29, 0.717) is 17.7 Å². The minimum absolute atomic E-state index is 0.303. The Morgan fingerprint density at radius 1 is 1.24 bits per heavy atom. The van der Waals surface area contributed by atoms with Crippen LogP contribution in [0.15, 0.2) is 23.1 Å². The molecule has 0 bridgehead atoms. The van der Waals surface area contributed by atoms with E-state index in [0.717, 1.165) is 4.90 Å². The monoisotopic (exact) mass is 253 g/mol. The maximum Gasteiger partial charge on any atom is 0.0545 e. The standard InChI is InChI=1S/C14H23NOS/c1-10(2)14(15-5)9-17(16)13-7-6-11(3)12(4)8-13/h6-8,10,14-15H,9H2,1-5H3. The van der Waals surface area contributed by atoms with E-state index < -0.39 is 10.8 Å². The molecule has 0 saturated carbocycles. The van der Waals surface area contributed by atoms with Gasteiger partial charge in [-0.1, -0.05) is 19.9 Å². The van der Waals surface area contributed by atoms with Gasteiger partial charge in [-0.15, -0.1) is 0 Å². The SMILES string of the molecule is CNC(CS(=O)c1ccc(C)c(C)c1)C(C)C. The zero-order chi connectivity index (χ0) is 13.0. The van der Waals surface area contributed by atoms with Crippen molar-refractivity contribution in [2.75, 3.05) is 12.8 Å². The molecular weight excluding hydrogens is 230 g/mol. The van der Waals surface area contributed by atoms with Crippen molar-refractivity contribution in [2.45, 2.75) is 38.6 Å². The molecule has 0 heterocycles. The Hall–Kier alpha value is -0.670. The highest BCUT2D eigenvalue weighted by Crippen LogP contribution is 2.15. The van der Waals surface area contributed by atoms with Crippen LogP contribution in [0.4, 0.5) is 0 Å². The molecule has 1 N–H and O–H groups in total. The molecule has 0 aliphatic carbocycles. The molecule has 2 unspecified atom stereocenters. The van der Waals surface area contributed by atoms with Crippen molar-refractivity contribution in [1.29, 1.82) is 0 Å². The van der Waals surface area contributed by atoms with Gasteiger partial charge in [0.05, 0.1) is 10.8 Å². The summed E-state index contributed by atoms with van der Waals surface area (Å²) < 4.78 is 12.3. The lowest BCUT2D eigenvalue weighted by atomic mass is 10.1. The van der Waals surface area contributed by atoms with Crippen molar-refractivity contribution < 1.29 is 4.21 Å². The van der Waals surface area contributed by atoms with Crippen LogP contribution < -0.4 is 5.32 Å². The Bertz CT molecular complexity index is 401. The number of nitrogens with one attached hydrogen (secondary N) is 1. The fourth-order valence-corrected chi connectivity index (χ4v) is 3.32. The van der Waals surface area contributed by atoms with Gasteiger partial charge in [0.1, 0.15) is 0 Å². The maximum absolute atomic E-state index is 12.3. The second-order valence-electron chi connectivity index (χ2n) is 4.90. The zero-order valence-electron chi connectivity index (χ0n) is 11.4. The molecule has 0 fully saturated rings. The molecule has 96 valence electrons. The van der Waals surface area contributed by atoms with Gasteiger partial charge in [-0.2, -0.15) is 0 Å². The summed E-state index contributed by atoms with van der Waals surface area (Å²) in [5.41, 5.74) is 2.46. The second kappa shape index (κ2) is 6.31. The van der Waals surface area contributed by atoms with Crippen LogP contribution in [0.3, 0.4) is 0 Å². The number of benzene rings is 1. The number of rotatable bonds is 5. The molecule has 0 spiro atoms. The highest BCUT2D eigenvalue weighted by molar-refractivity contribution is 7.85. The topological polar surface area (TPSA) is 29.1 Å². The van der Waals surface area contributed by atoms with Gasteiger partial charge in [-0.3, -0.25) is 4.21 Å². The average Bonchev–Trinajstić information content (AvgIpc) is 2.28. The zero-order valence-corrected chi connectivity index (χ0v) is 12.2. The molecule has 0 aliphatic rings. The molecule has 3 heteroatoms. The van der Waals surface area contributed by atoms with Crippen LogP contribution in [-0.2, 0) is 10.8 Å². The van der Waals surface area contributed by atoms with E-state index in [2.05, 4.69) is 33.0 Å². The van der Waals surface area contributed by atoms with Gasteiger partial charge in [0.25, 0.3) is 0 Å². The predicted molar refractivity (Wildman–Crippen MR) is 74.9 cm³/mol. The summed E-state index contributed by atoms with van der Waals surface area (Å²) >= 11 is 0. The van der Waals surface area contributed by atoms with Crippen molar-refractivity contribution >= 4 is 10.8 Å². The van der Waals surface area contributed by atoms with Gasteiger partial charge >= 0.3 is 0 Å². The van der Waals surface area contributed by atoms with Crippen molar-refractivity contribution in [1.82, 2.24) is 5.32 Å². The quantitative estimate of drug-likeness (QED) is 0.874. The van der Waals surface area contributed by atoms with E-state index in [1.54, 1.807) is 0 Å². The molecule has 1 aromatic rings. The molecule has 2 atom stereocenters. The summed E-state index contributed by atoms with van der Waals surface area (Å²) in [5.74, 6) is 1.17. The molecule has 0 aliphatic heterocycles. The largest absolute Gasteiger partial charge is 0.316 e. The smallest absolute Gasteiger partial charge is 0.0545 e. The van der Waals surface area contributed by atoms with Crippen molar-refractivity contribution in [3.8, 4) is 0 Å². The Balaban J connectivity index is 2.79. The molecular formula is C14H23NOS. The molecule has 1 aromatic carbocycles. The van der Waals surface area contributed by atoms with Gasteiger partial charge in [-0.25, -0.2) is 0 Å². The van der Waals surface area contributed by atoms with Crippen LogP contribution >= 0.6 is 0 Å². The summed E-state index contributed by atoms with van der Waals surface area (Å²) in [4.78, 5) is 0.939. The van der Waals surface area contributed by atoms with Crippen LogP contribution in [0.2, 0.25) is 0 Å². The fraction of sp³-hybridized carbons (Fsp3) is 0.571. The first-order valence-corrected chi connectivity index (χ1v) is 7.40. The van der Waals surface area contributed by atoms with Crippen LogP contribution in [0.1, 0.15) is 25.0 Å². The summed E-state index contributed by atoms with van der Waals surface area (Å²) in [6.07, 6.45) is 0. The second-order valence-corrected chi connectivity index (χ2v) is 6.39. The van der Waals surface area contributed by atoms with Crippen molar-refractivity contribution in [3.05, 3.63) is 29.3 Å². The Kier molecular flexibility index (Phi) is 5.34. The van der Waals surface area contributed by atoms with E-state index in [9.17, 15) is 4.21 Å². The first-order valence-electron chi connectivity index (χ1n) is 6.08. The molecule has 17 heavy (non-hydrogen) atoms. The number of hydrogen-bond donors (Lipinski definition) is 1. The lowest BCUT2D eigenvalue weighted by Crippen LogP contribution is -2.35. The third-order valence-corrected chi connectivity index (χ3v) is 4.69. The maximum atomic E-state index is 12.3. The predicted octanol–water partition coefficient (Wildman–Crippen LogP) is 2.66.